The summed E-state index contributed by atoms with van der Waals surface area (Å²) >= 11 is 6.03. The lowest BCUT2D eigenvalue weighted by atomic mass is 9.83. The number of non-ortho nitro benzene ring substituents is 2. The molecule has 39 heavy (non-hydrogen) atoms. The molecule has 1 amide bonds. The summed E-state index contributed by atoms with van der Waals surface area (Å²) in [5.41, 5.74) is 0.502. The molecule has 11 nitrogen and oxygen atoms in total. The van der Waals surface area contributed by atoms with Crippen LogP contribution in [-0.2, 0) is 4.79 Å². The zero-order chi connectivity index (χ0) is 28.1. The van der Waals surface area contributed by atoms with Gasteiger partial charge in [0.25, 0.3) is 11.4 Å². The molecule has 2 N–H and O–H groups in total. The third-order valence-corrected chi connectivity index (χ3v) is 7.13. The predicted molar refractivity (Wildman–Crippen MR) is 144 cm³/mol. The van der Waals surface area contributed by atoms with Crippen LogP contribution in [0.4, 0.5) is 17.1 Å². The highest BCUT2D eigenvalue weighted by atomic mass is 35.5. The molecular formula is C27H27ClN4O7. The SMILES string of the molecule is O=C([C@H]([C@H](O)c1ccc([N+](=O)[O-])cc1)[C@H](c1ccc([N+](=O)[O-])cc1)N(O)c1ccc(Cl)cc1)N1CCCCC1. The van der Waals surface area contributed by atoms with E-state index in [0.29, 0.717) is 23.7 Å². The number of halogens is 1. The van der Waals surface area contributed by atoms with Gasteiger partial charge in [0, 0.05) is 42.4 Å². The molecule has 1 aliphatic rings. The standard InChI is InChI=1S/C27H27ClN4O7/c28-20-8-14-21(15-9-20)30(35)25(18-4-10-22(11-5-18)31(36)37)24(27(34)29-16-2-1-3-17-29)26(33)19-6-12-23(13-7-19)32(38)39/h4-15,24-26,33,35H,1-3,16-17H2/t24-,25-,26+/m0/s1. The lowest BCUT2D eigenvalue weighted by Crippen LogP contribution is -2.47. The monoisotopic (exact) mass is 554 g/mol. The number of nitrogens with zero attached hydrogens (tertiary/aromatic N) is 4. The van der Waals surface area contributed by atoms with Crippen molar-refractivity contribution in [1.82, 2.24) is 4.90 Å². The van der Waals surface area contributed by atoms with Crippen LogP contribution in [0.15, 0.2) is 72.8 Å². The fourth-order valence-electron chi connectivity index (χ4n) is 4.82. The molecule has 0 radical (unpaired) electrons. The zero-order valence-corrected chi connectivity index (χ0v) is 21.6. The fraction of sp³-hybridized carbons (Fsp3) is 0.296. The molecule has 204 valence electrons. The van der Waals surface area contributed by atoms with Gasteiger partial charge < -0.3 is 10.0 Å². The van der Waals surface area contributed by atoms with Crippen LogP contribution in [0.25, 0.3) is 0 Å². The predicted octanol–water partition coefficient (Wildman–Crippen LogP) is 5.46. The van der Waals surface area contributed by atoms with Crippen molar-refractivity contribution < 1.29 is 25.0 Å². The molecule has 1 fully saturated rings. The van der Waals surface area contributed by atoms with Crippen LogP contribution in [0, 0.1) is 26.1 Å². The molecule has 0 unspecified atom stereocenters. The zero-order valence-electron chi connectivity index (χ0n) is 20.8. The molecule has 1 saturated heterocycles. The summed E-state index contributed by atoms with van der Waals surface area (Å²) in [6, 6.07) is 15.6. The topological polar surface area (TPSA) is 150 Å². The van der Waals surface area contributed by atoms with Gasteiger partial charge in [0.1, 0.15) is 0 Å². The van der Waals surface area contributed by atoms with E-state index < -0.39 is 33.8 Å². The minimum atomic E-state index is -1.48. The third-order valence-electron chi connectivity index (χ3n) is 6.88. The lowest BCUT2D eigenvalue weighted by Gasteiger charge is -2.39. The fourth-order valence-corrected chi connectivity index (χ4v) is 4.94. The summed E-state index contributed by atoms with van der Waals surface area (Å²) in [5, 5.41) is 46.9. The van der Waals surface area contributed by atoms with Gasteiger partial charge in [-0.3, -0.25) is 30.2 Å². The van der Waals surface area contributed by atoms with Gasteiger partial charge in [-0.2, -0.15) is 0 Å². The summed E-state index contributed by atoms with van der Waals surface area (Å²) in [7, 11) is 0. The van der Waals surface area contributed by atoms with Gasteiger partial charge in [0.15, 0.2) is 0 Å². The van der Waals surface area contributed by atoms with E-state index in [1.807, 2.05) is 0 Å². The Balaban J connectivity index is 1.84. The molecule has 3 atom stereocenters. The number of benzene rings is 3. The van der Waals surface area contributed by atoms with Gasteiger partial charge in [-0.15, -0.1) is 0 Å². The summed E-state index contributed by atoms with van der Waals surface area (Å²) in [6.07, 6.45) is 1.05. The molecule has 3 aromatic rings. The number of nitro groups is 2. The van der Waals surface area contributed by atoms with Crippen molar-refractivity contribution in [3.05, 3.63) is 109 Å². The Hall–Kier alpha value is -4.06. The number of aliphatic hydroxyl groups is 1. The van der Waals surface area contributed by atoms with Gasteiger partial charge in [0.05, 0.1) is 33.6 Å². The number of amides is 1. The number of hydroxylamine groups is 1. The van der Waals surface area contributed by atoms with Crippen LogP contribution < -0.4 is 5.06 Å². The molecule has 1 aliphatic heterocycles. The van der Waals surface area contributed by atoms with E-state index in [4.69, 9.17) is 11.6 Å². The second-order valence-electron chi connectivity index (χ2n) is 9.32. The largest absolute Gasteiger partial charge is 0.387 e. The van der Waals surface area contributed by atoms with Crippen LogP contribution in [0.2, 0.25) is 5.02 Å². The number of hydrogen-bond acceptors (Lipinski definition) is 8. The summed E-state index contributed by atoms with van der Waals surface area (Å²) in [5.74, 6) is -1.70. The van der Waals surface area contributed by atoms with E-state index in [2.05, 4.69) is 0 Å². The van der Waals surface area contributed by atoms with Crippen molar-refractivity contribution in [3.8, 4) is 0 Å². The van der Waals surface area contributed by atoms with Crippen molar-refractivity contribution in [2.75, 3.05) is 18.2 Å². The molecule has 1 heterocycles. The van der Waals surface area contributed by atoms with Gasteiger partial charge in [-0.1, -0.05) is 23.7 Å². The summed E-state index contributed by atoms with van der Waals surface area (Å²) in [4.78, 5) is 37.0. The number of carbonyl (C=O) groups excluding carboxylic acids is 1. The van der Waals surface area contributed by atoms with Crippen LogP contribution in [-0.4, -0.2) is 44.1 Å². The molecule has 0 aliphatic carbocycles. The summed E-state index contributed by atoms with van der Waals surface area (Å²) in [6.45, 7) is 0.948. The average Bonchev–Trinajstić information content (AvgIpc) is 2.96. The van der Waals surface area contributed by atoms with Crippen molar-refractivity contribution in [2.45, 2.75) is 31.4 Å². The van der Waals surface area contributed by atoms with Gasteiger partial charge >= 0.3 is 0 Å². The first-order valence-corrected chi connectivity index (χ1v) is 12.7. The minimum Gasteiger partial charge on any atom is -0.387 e. The van der Waals surface area contributed by atoms with Gasteiger partial charge in [-0.25, -0.2) is 5.06 Å². The van der Waals surface area contributed by atoms with E-state index in [0.717, 1.165) is 24.3 Å². The van der Waals surface area contributed by atoms with Crippen molar-refractivity contribution in [2.24, 2.45) is 5.92 Å². The molecule has 0 saturated carbocycles. The number of hydrogen-bond donors (Lipinski definition) is 2. The van der Waals surface area contributed by atoms with E-state index in [-0.39, 0.29) is 22.6 Å². The molecule has 0 spiro atoms. The first kappa shape index (κ1) is 28.0. The van der Waals surface area contributed by atoms with Crippen LogP contribution in [0.5, 0.6) is 0 Å². The molecule has 12 heteroatoms. The van der Waals surface area contributed by atoms with E-state index in [1.54, 1.807) is 29.2 Å². The smallest absolute Gasteiger partial charge is 0.269 e. The average molecular weight is 555 g/mol. The normalized spacial score (nSPS) is 15.7. The first-order chi connectivity index (χ1) is 18.7. The molecule has 0 aromatic heterocycles. The molecule has 4 rings (SSSR count). The quantitative estimate of drug-likeness (QED) is 0.261. The first-order valence-electron chi connectivity index (χ1n) is 12.4. The van der Waals surface area contributed by atoms with Crippen LogP contribution in [0.3, 0.4) is 0 Å². The highest BCUT2D eigenvalue weighted by molar-refractivity contribution is 6.30. The molecule has 0 bridgehead atoms. The Morgan fingerprint density at radius 1 is 0.821 bits per heavy atom. The maximum Gasteiger partial charge on any atom is 0.269 e. The van der Waals surface area contributed by atoms with E-state index in [9.17, 15) is 35.3 Å². The molecule has 3 aromatic carbocycles. The van der Waals surface area contributed by atoms with Gasteiger partial charge in [0.2, 0.25) is 5.91 Å². The number of anilines is 1. The van der Waals surface area contributed by atoms with Crippen LogP contribution in [0.1, 0.15) is 42.5 Å². The Kier molecular flexibility index (Phi) is 8.75. The Morgan fingerprint density at radius 2 is 1.31 bits per heavy atom. The highest BCUT2D eigenvalue weighted by Crippen LogP contribution is 2.41. The summed E-state index contributed by atoms with van der Waals surface area (Å²) < 4.78 is 0. The number of aliphatic hydroxyl groups excluding tert-OH is 1. The maximum atomic E-state index is 14.1. The lowest BCUT2D eigenvalue weighted by molar-refractivity contribution is -0.385. The van der Waals surface area contributed by atoms with Crippen molar-refractivity contribution in [1.29, 1.82) is 0 Å². The number of piperidine rings is 1. The number of rotatable bonds is 9. The Bertz CT molecular complexity index is 1310. The maximum absolute atomic E-state index is 14.1. The number of carbonyl (C=O) groups is 1. The molecular weight excluding hydrogens is 528 g/mol. The second kappa shape index (κ2) is 12.2. The number of likely N-dealkylation sites (tertiary alicyclic amines) is 1. The van der Waals surface area contributed by atoms with E-state index >= 15 is 0 Å². The van der Waals surface area contributed by atoms with Crippen molar-refractivity contribution >= 4 is 34.6 Å². The Morgan fingerprint density at radius 3 is 1.79 bits per heavy atom. The highest BCUT2D eigenvalue weighted by Gasteiger charge is 2.42. The van der Waals surface area contributed by atoms with Crippen LogP contribution >= 0.6 is 11.6 Å². The van der Waals surface area contributed by atoms with Gasteiger partial charge in [-0.05, 0) is 66.8 Å². The Labute approximate surface area is 229 Å². The second-order valence-corrected chi connectivity index (χ2v) is 9.76. The minimum absolute atomic E-state index is 0.177. The third kappa shape index (κ3) is 6.33. The van der Waals surface area contributed by atoms with Crippen molar-refractivity contribution in [3.63, 3.8) is 0 Å². The number of nitro benzene ring substituents is 2. The van der Waals surface area contributed by atoms with E-state index in [1.165, 1.54) is 48.5 Å².